The predicted octanol–water partition coefficient (Wildman–Crippen LogP) is 1.27. The fourth-order valence-corrected chi connectivity index (χ4v) is 1.67. The number of nitrogens with one attached hydrogen (secondary N) is 1. The predicted molar refractivity (Wildman–Crippen MR) is 75.7 cm³/mol. The van der Waals surface area contributed by atoms with Crippen LogP contribution in [0.1, 0.15) is 10.4 Å². The highest BCUT2D eigenvalue weighted by molar-refractivity contribution is 6.58. The summed E-state index contributed by atoms with van der Waals surface area (Å²) in [6.07, 6.45) is 0. The van der Waals surface area contributed by atoms with Crippen molar-refractivity contribution in [2.24, 2.45) is 0 Å². The largest absolute Gasteiger partial charge is 0.488 e. The molecule has 6 heteroatoms. The van der Waals surface area contributed by atoms with Gasteiger partial charge in [0, 0.05) is 16.3 Å². The zero-order valence-corrected chi connectivity index (χ0v) is 10.6. The van der Waals surface area contributed by atoms with E-state index in [-0.39, 0.29) is 5.91 Å². The highest BCUT2D eigenvalue weighted by atomic mass is 35.5. The lowest BCUT2D eigenvalue weighted by Crippen LogP contribution is -2.29. The van der Waals surface area contributed by atoms with Crippen LogP contribution in [-0.2, 0) is 0 Å². The number of rotatable bonds is 3. The summed E-state index contributed by atoms with van der Waals surface area (Å²) in [4.78, 5) is 11.9. The van der Waals surface area contributed by atoms with Crippen molar-refractivity contribution in [2.45, 2.75) is 0 Å². The Labute approximate surface area is 115 Å². The molecule has 0 spiro atoms. The molecule has 0 heterocycles. The van der Waals surface area contributed by atoms with E-state index in [2.05, 4.69) is 5.32 Å². The Kier molecular flexibility index (Phi) is 4.22. The van der Waals surface area contributed by atoms with E-state index < -0.39 is 7.12 Å². The number of benzene rings is 2. The van der Waals surface area contributed by atoms with Crippen LogP contribution in [0.2, 0.25) is 5.02 Å². The molecule has 4 nitrogen and oxygen atoms in total. The number of anilines is 1. The van der Waals surface area contributed by atoms with E-state index in [9.17, 15) is 4.79 Å². The van der Waals surface area contributed by atoms with Gasteiger partial charge in [0.05, 0.1) is 0 Å². The Morgan fingerprint density at radius 1 is 1.00 bits per heavy atom. The fraction of sp³-hybridized carbons (Fsp3) is 0. The lowest BCUT2D eigenvalue weighted by Gasteiger charge is -2.06. The van der Waals surface area contributed by atoms with E-state index in [0.29, 0.717) is 21.7 Å². The first-order valence-electron chi connectivity index (χ1n) is 5.59. The topological polar surface area (TPSA) is 69.6 Å². The van der Waals surface area contributed by atoms with Crippen molar-refractivity contribution in [3.05, 3.63) is 59.1 Å². The van der Waals surface area contributed by atoms with Gasteiger partial charge in [0.15, 0.2) is 0 Å². The van der Waals surface area contributed by atoms with Gasteiger partial charge in [-0.05, 0) is 41.9 Å². The van der Waals surface area contributed by atoms with Crippen LogP contribution in [0.5, 0.6) is 0 Å². The molecule has 0 fully saturated rings. The average Bonchev–Trinajstić information content (AvgIpc) is 2.41. The van der Waals surface area contributed by atoms with Crippen LogP contribution < -0.4 is 10.8 Å². The molecule has 2 aromatic rings. The Bertz CT molecular complexity index is 569. The molecule has 0 aliphatic rings. The second-order valence-electron chi connectivity index (χ2n) is 3.96. The van der Waals surface area contributed by atoms with E-state index in [1.165, 1.54) is 24.3 Å². The van der Waals surface area contributed by atoms with Crippen molar-refractivity contribution in [3.8, 4) is 0 Å². The van der Waals surface area contributed by atoms with Gasteiger partial charge in [-0.1, -0.05) is 23.7 Å². The Hall–Kier alpha value is -1.82. The first kappa shape index (κ1) is 13.6. The van der Waals surface area contributed by atoms with Crippen molar-refractivity contribution in [1.82, 2.24) is 0 Å². The molecule has 3 N–H and O–H groups in total. The van der Waals surface area contributed by atoms with Crippen molar-refractivity contribution in [1.29, 1.82) is 0 Å². The summed E-state index contributed by atoms with van der Waals surface area (Å²) in [7, 11) is -1.53. The van der Waals surface area contributed by atoms with Crippen LogP contribution in [0, 0.1) is 0 Å². The van der Waals surface area contributed by atoms with E-state index in [0.717, 1.165) is 0 Å². The number of halogens is 1. The summed E-state index contributed by atoms with van der Waals surface area (Å²) < 4.78 is 0. The quantitative estimate of drug-likeness (QED) is 0.739. The minimum absolute atomic E-state index is 0.277. The maximum atomic E-state index is 11.9. The number of amides is 1. The van der Waals surface area contributed by atoms with Gasteiger partial charge in [0.25, 0.3) is 5.91 Å². The van der Waals surface area contributed by atoms with E-state index >= 15 is 0 Å². The van der Waals surface area contributed by atoms with E-state index in [1.807, 2.05) is 0 Å². The van der Waals surface area contributed by atoms with Gasteiger partial charge >= 0.3 is 7.12 Å². The third-order valence-electron chi connectivity index (χ3n) is 2.57. The number of carbonyl (C=O) groups is 1. The van der Waals surface area contributed by atoms with Gasteiger partial charge in [-0.2, -0.15) is 0 Å². The molecule has 0 atom stereocenters. The molecule has 0 saturated heterocycles. The van der Waals surface area contributed by atoms with Crippen molar-refractivity contribution in [3.63, 3.8) is 0 Å². The molecule has 0 radical (unpaired) electrons. The Balaban J connectivity index is 2.09. The number of hydrogen-bond acceptors (Lipinski definition) is 3. The number of carbonyl (C=O) groups excluding carboxylic acids is 1. The summed E-state index contributed by atoms with van der Waals surface area (Å²) in [6, 6.07) is 12.8. The van der Waals surface area contributed by atoms with Crippen LogP contribution >= 0.6 is 11.6 Å². The van der Waals surface area contributed by atoms with Crippen LogP contribution in [0.25, 0.3) is 0 Å². The highest BCUT2D eigenvalue weighted by Crippen LogP contribution is 2.14. The van der Waals surface area contributed by atoms with Crippen LogP contribution in [0.15, 0.2) is 48.5 Å². The van der Waals surface area contributed by atoms with Gasteiger partial charge in [0.1, 0.15) is 0 Å². The smallest absolute Gasteiger partial charge is 0.423 e. The normalized spacial score (nSPS) is 10.1. The lowest BCUT2D eigenvalue weighted by atomic mass is 9.80. The van der Waals surface area contributed by atoms with Crippen LogP contribution in [-0.4, -0.2) is 23.1 Å². The minimum atomic E-state index is -1.53. The molecule has 19 heavy (non-hydrogen) atoms. The van der Waals surface area contributed by atoms with Crippen molar-refractivity contribution < 1.29 is 14.8 Å². The summed E-state index contributed by atoms with van der Waals surface area (Å²) in [5, 5.41) is 21.2. The summed E-state index contributed by atoms with van der Waals surface area (Å²) >= 11 is 5.75. The molecule has 2 aromatic carbocycles. The standard InChI is InChI=1S/C13H11BClNO3/c15-11-5-7-12(8-6-11)16-13(17)9-1-3-10(4-2-9)14(18)19/h1-8,18-19H,(H,16,17). The average molecular weight is 276 g/mol. The third kappa shape index (κ3) is 3.57. The molecule has 96 valence electrons. The SMILES string of the molecule is O=C(Nc1ccc(Cl)cc1)c1ccc(B(O)O)cc1. The van der Waals surface area contributed by atoms with Gasteiger partial charge in [-0.15, -0.1) is 0 Å². The fourth-order valence-electron chi connectivity index (χ4n) is 1.54. The molecule has 0 bridgehead atoms. The maximum absolute atomic E-state index is 11.9. The van der Waals surface area contributed by atoms with Gasteiger partial charge in [-0.25, -0.2) is 0 Å². The van der Waals surface area contributed by atoms with Crippen molar-refractivity contribution in [2.75, 3.05) is 5.32 Å². The van der Waals surface area contributed by atoms with Crippen LogP contribution in [0.3, 0.4) is 0 Å². The Morgan fingerprint density at radius 2 is 1.58 bits per heavy atom. The van der Waals surface area contributed by atoms with Gasteiger partial charge in [0.2, 0.25) is 0 Å². The molecule has 0 aliphatic heterocycles. The highest BCUT2D eigenvalue weighted by Gasteiger charge is 2.12. The monoisotopic (exact) mass is 275 g/mol. The summed E-state index contributed by atoms with van der Waals surface area (Å²) in [5.74, 6) is -0.277. The first-order chi connectivity index (χ1) is 9.06. The lowest BCUT2D eigenvalue weighted by molar-refractivity contribution is 0.102. The second kappa shape index (κ2) is 5.88. The van der Waals surface area contributed by atoms with Crippen molar-refractivity contribution >= 4 is 35.8 Å². The van der Waals surface area contributed by atoms with Crippen LogP contribution in [0.4, 0.5) is 5.69 Å². The molecule has 2 rings (SSSR count). The molecule has 0 aromatic heterocycles. The third-order valence-corrected chi connectivity index (χ3v) is 2.83. The Morgan fingerprint density at radius 3 is 2.11 bits per heavy atom. The molecular weight excluding hydrogens is 264 g/mol. The molecular formula is C13H11BClNO3. The van der Waals surface area contributed by atoms with Gasteiger partial charge < -0.3 is 15.4 Å². The molecule has 1 amide bonds. The first-order valence-corrected chi connectivity index (χ1v) is 5.97. The number of hydrogen-bond donors (Lipinski definition) is 3. The zero-order chi connectivity index (χ0) is 13.8. The molecule has 0 unspecified atom stereocenters. The van der Waals surface area contributed by atoms with E-state index in [1.54, 1.807) is 24.3 Å². The molecule has 0 saturated carbocycles. The molecule has 0 aliphatic carbocycles. The van der Waals surface area contributed by atoms with E-state index in [4.69, 9.17) is 21.6 Å². The summed E-state index contributed by atoms with van der Waals surface area (Å²) in [6.45, 7) is 0. The maximum Gasteiger partial charge on any atom is 0.488 e. The zero-order valence-electron chi connectivity index (χ0n) is 9.88. The second-order valence-corrected chi connectivity index (χ2v) is 4.39. The summed E-state index contributed by atoms with van der Waals surface area (Å²) in [5.41, 5.74) is 1.41. The van der Waals surface area contributed by atoms with Gasteiger partial charge in [-0.3, -0.25) is 4.79 Å². The minimum Gasteiger partial charge on any atom is -0.423 e.